The van der Waals surface area contributed by atoms with E-state index in [4.69, 9.17) is 0 Å². The smallest absolute Gasteiger partial charge is 0.224 e. The van der Waals surface area contributed by atoms with Crippen LogP contribution >= 0.6 is 0 Å². The van der Waals surface area contributed by atoms with Crippen LogP contribution in [0.2, 0.25) is 0 Å². The molecule has 8 nitrogen and oxygen atoms in total. The summed E-state index contributed by atoms with van der Waals surface area (Å²) in [5.74, 6) is 1.03. The van der Waals surface area contributed by atoms with Gasteiger partial charge in [-0.2, -0.15) is 0 Å². The van der Waals surface area contributed by atoms with Crippen molar-refractivity contribution in [2.24, 2.45) is 0 Å². The van der Waals surface area contributed by atoms with Crippen LogP contribution in [0.1, 0.15) is 19.4 Å². The van der Waals surface area contributed by atoms with Gasteiger partial charge in [-0.15, -0.1) is 0 Å². The van der Waals surface area contributed by atoms with Crippen molar-refractivity contribution in [1.82, 2.24) is 24.8 Å². The van der Waals surface area contributed by atoms with Crippen LogP contribution in [0.3, 0.4) is 0 Å². The molecule has 1 N–H and O–H groups in total. The summed E-state index contributed by atoms with van der Waals surface area (Å²) in [6, 6.07) is 8.19. The molecule has 9 heteroatoms. The third-order valence-electron chi connectivity index (χ3n) is 4.39. The third kappa shape index (κ3) is 5.05. The Kier molecular flexibility index (Phi) is 6.38. The maximum absolute atomic E-state index is 12.2. The van der Waals surface area contributed by atoms with Gasteiger partial charge in [-0.25, -0.2) is 23.4 Å². The number of amides is 1. The van der Waals surface area contributed by atoms with Crippen molar-refractivity contribution in [1.29, 1.82) is 0 Å². The van der Waals surface area contributed by atoms with Crippen molar-refractivity contribution in [3.05, 3.63) is 60.7 Å². The molecular formula is C20H23N5O3S. The van der Waals surface area contributed by atoms with E-state index >= 15 is 0 Å². The van der Waals surface area contributed by atoms with E-state index in [0.29, 0.717) is 24.7 Å². The molecule has 0 radical (unpaired) electrons. The molecule has 0 spiro atoms. The van der Waals surface area contributed by atoms with E-state index in [-0.39, 0.29) is 17.2 Å². The van der Waals surface area contributed by atoms with E-state index in [2.05, 4.69) is 20.3 Å². The van der Waals surface area contributed by atoms with Crippen LogP contribution in [-0.4, -0.2) is 45.6 Å². The minimum Gasteiger partial charge on any atom is -0.354 e. The van der Waals surface area contributed by atoms with Gasteiger partial charge < -0.3 is 9.88 Å². The molecule has 0 saturated carbocycles. The summed E-state index contributed by atoms with van der Waals surface area (Å²) in [5, 5.41) is 2.38. The van der Waals surface area contributed by atoms with Crippen LogP contribution in [0.25, 0.3) is 11.6 Å². The molecule has 0 unspecified atom stereocenters. The molecule has 0 atom stereocenters. The Morgan fingerprint density at radius 2 is 1.76 bits per heavy atom. The summed E-state index contributed by atoms with van der Waals surface area (Å²) in [4.78, 5) is 25.1. The Morgan fingerprint density at radius 1 is 1.07 bits per heavy atom. The van der Waals surface area contributed by atoms with Crippen molar-refractivity contribution in [2.45, 2.75) is 37.0 Å². The van der Waals surface area contributed by atoms with Gasteiger partial charge in [0.2, 0.25) is 5.91 Å². The number of hydrogen-bond donors (Lipinski definition) is 1. The second kappa shape index (κ2) is 8.95. The highest BCUT2D eigenvalue weighted by Crippen LogP contribution is 2.16. The highest BCUT2D eigenvalue weighted by Gasteiger charge is 2.18. The number of imidazole rings is 1. The molecule has 1 amide bonds. The summed E-state index contributed by atoms with van der Waals surface area (Å²) in [6.45, 7) is 4.25. The highest BCUT2D eigenvalue weighted by molar-refractivity contribution is 7.92. The van der Waals surface area contributed by atoms with E-state index in [1.54, 1.807) is 62.8 Å². The molecule has 0 aliphatic carbocycles. The number of carbonyl (C=O) groups excluding carboxylic acids is 1. The SMILES string of the molecule is CC(C)S(=O)(=O)c1ccc(CC(=O)NCCn2ccnc2-c2ncccn2)cc1. The summed E-state index contributed by atoms with van der Waals surface area (Å²) in [7, 11) is -3.31. The van der Waals surface area contributed by atoms with Gasteiger partial charge in [0.15, 0.2) is 21.5 Å². The lowest BCUT2D eigenvalue weighted by Gasteiger charge is -2.10. The van der Waals surface area contributed by atoms with Gasteiger partial charge in [-0.1, -0.05) is 12.1 Å². The molecule has 0 bridgehead atoms. The van der Waals surface area contributed by atoms with Crippen LogP contribution in [0.5, 0.6) is 0 Å². The average molecular weight is 414 g/mol. The van der Waals surface area contributed by atoms with E-state index in [9.17, 15) is 13.2 Å². The zero-order valence-electron chi connectivity index (χ0n) is 16.3. The topological polar surface area (TPSA) is 107 Å². The zero-order chi connectivity index (χ0) is 20.9. The number of rotatable bonds is 8. The number of aromatic nitrogens is 4. The monoisotopic (exact) mass is 413 g/mol. The molecule has 2 aromatic heterocycles. The fourth-order valence-electron chi connectivity index (χ4n) is 2.74. The summed E-state index contributed by atoms with van der Waals surface area (Å²) >= 11 is 0. The predicted molar refractivity (Wildman–Crippen MR) is 109 cm³/mol. The fourth-order valence-corrected chi connectivity index (χ4v) is 3.80. The average Bonchev–Trinajstić information content (AvgIpc) is 3.17. The first-order chi connectivity index (χ1) is 13.9. The maximum Gasteiger partial charge on any atom is 0.224 e. The molecule has 2 heterocycles. The second-order valence-electron chi connectivity index (χ2n) is 6.78. The van der Waals surface area contributed by atoms with E-state index in [1.165, 1.54) is 0 Å². The number of hydrogen-bond acceptors (Lipinski definition) is 6. The largest absolute Gasteiger partial charge is 0.354 e. The van der Waals surface area contributed by atoms with Crippen LogP contribution in [0, 0.1) is 0 Å². The van der Waals surface area contributed by atoms with Crippen molar-refractivity contribution in [3.8, 4) is 11.6 Å². The number of nitrogens with zero attached hydrogens (tertiary/aromatic N) is 4. The van der Waals surface area contributed by atoms with E-state index in [1.807, 2.05) is 10.8 Å². The Bertz CT molecular complexity index is 1060. The summed E-state index contributed by atoms with van der Waals surface area (Å²) in [6.07, 6.45) is 6.97. The lowest BCUT2D eigenvalue weighted by atomic mass is 10.1. The predicted octanol–water partition coefficient (Wildman–Crippen LogP) is 1.88. The molecule has 0 saturated heterocycles. The molecule has 3 aromatic rings. The van der Waals surface area contributed by atoms with Gasteiger partial charge in [-0.3, -0.25) is 4.79 Å². The lowest BCUT2D eigenvalue weighted by Crippen LogP contribution is -2.28. The minimum absolute atomic E-state index is 0.137. The fraction of sp³-hybridized carbons (Fsp3) is 0.300. The van der Waals surface area contributed by atoms with Crippen molar-refractivity contribution in [2.75, 3.05) is 6.54 Å². The molecular weight excluding hydrogens is 390 g/mol. The summed E-state index contributed by atoms with van der Waals surface area (Å²) < 4.78 is 26.2. The Labute approximate surface area is 170 Å². The van der Waals surface area contributed by atoms with Gasteiger partial charge in [0.05, 0.1) is 16.6 Å². The number of nitrogens with one attached hydrogen (secondary N) is 1. The van der Waals surface area contributed by atoms with Gasteiger partial charge in [0, 0.05) is 37.9 Å². The van der Waals surface area contributed by atoms with Gasteiger partial charge in [0.1, 0.15) is 0 Å². The van der Waals surface area contributed by atoms with Crippen molar-refractivity contribution < 1.29 is 13.2 Å². The minimum atomic E-state index is -3.31. The van der Waals surface area contributed by atoms with Gasteiger partial charge in [0.25, 0.3) is 0 Å². The van der Waals surface area contributed by atoms with Crippen LogP contribution < -0.4 is 5.32 Å². The zero-order valence-corrected chi connectivity index (χ0v) is 17.1. The molecule has 152 valence electrons. The van der Waals surface area contributed by atoms with E-state index < -0.39 is 15.1 Å². The normalized spacial score (nSPS) is 11.6. The van der Waals surface area contributed by atoms with Crippen molar-refractivity contribution >= 4 is 15.7 Å². The van der Waals surface area contributed by atoms with Crippen LogP contribution in [0.15, 0.2) is 60.0 Å². The highest BCUT2D eigenvalue weighted by atomic mass is 32.2. The first-order valence-corrected chi connectivity index (χ1v) is 10.8. The number of carbonyl (C=O) groups is 1. The summed E-state index contributed by atoms with van der Waals surface area (Å²) in [5.41, 5.74) is 0.756. The molecule has 0 fully saturated rings. The van der Waals surface area contributed by atoms with Crippen LogP contribution in [-0.2, 0) is 27.6 Å². The Balaban J connectivity index is 1.53. The lowest BCUT2D eigenvalue weighted by molar-refractivity contribution is -0.120. The first kappa shape index (κ1) is 20.7. The second-order valence-corrected chi connectivity index (χ2v) is 9.29. The molecule has 3 rings (SSSR count). The quantitative estimate of drug-likeness (QED) is 0.604. The molecule has 0 aliphatic rings. The number of benzene rings is 1. The van der Waals surface area contributed by atoms with Gasteiger partial charge in [-0.05, 0) is 37.6 Å². The van der Waals surface area contributed by atoms with Crippen molar-refractivity contribution in [3.63, 3.8) is 0 Å². The molecule has 29 heavy (non-hydrogen) atoms. The Morgan fingerprint density at radius 3 is 2.41 bits per heavy atom. The third-order valence-corrected chi connectivity index (χ3v) is 6.56. The number of sulfone groups is 1. The Hall–Kier alpha value is -3.07. The maximum atomic E-state index is 12.2. The first-order valence-electron chi connectivity index (χ1n) is 9.26. The molecule has 0 aliphatic heterocycles. The standard InChI is InChI=1S/C20H23N5O3S/c1-15(2)29(27,28)17-6-4-16(5-7-17)14-18(26)21-10-12-25-13-11-24-20(25)19-22-8-3-9-23-19/h3-9,11,13,15H,10,12,14H2,1-2H3,(H,21,26). The molecule has 1 aromatic carbocycles. The van der Waals surface area contributed by atoms with Gasteiger partial charge >= 0.3 is 0 Å². The van der Waals surface area contributed by atoms with E-state index in [0.717, 1.165) is 5.56 Å². The van der Waals surface area contributed by atoms with Crippen LogP contribution in [0.4, 0.5) is 0 Å².